The number of benzene rings is 3. The van der Waals surface area contributed by atoms with Gasteiger partial charge in [-0.25, -0.2) is 4.39 Å². The second-order valence-electron chi connectivity index (χ2n) is 13.0. The van der Waals surface area contributed by atoms with E-state index in [1.165, 1.54) is 58.1 Å². The molecule has 0 radical (unpaired) electrons. The second kappa shape index (κ2) is 19.8. The third-order valence-corrected chi connectivity index (χ3v) is 9.92. The zero-order chi connectivity index (χ0) is 40.3. The van der Waals surface area contributed by atoms with Crippen LogP contribution in [0.5, 0.6) is 0 Å². The summed E-state index contributed by atoms with van der Waals surface area (Å²) < 4.78 is 52.6. The maximum atomic E-state index is 13.8. The van der Waals surface area contributed by atoms with Gasteiger partial charge in [-0.05, 0) is 104 Å². The lowest BCUT2D eigenvalue weighted by molar-refractivity contribution is -0.117. The molecule has 0 N–H and O–H groups in total. The van der Waals surface area contributed by atoms with Gasteiger partial charge in [-0.2, -0.15) is 18.3 Å². The van der Waals surface area contributed by atoms with Crippen LogP contribution in [0.1, 0.15) is 86.8 Å². The van der Waals surface area contributed by atoms with Crippen LogP contribution in [-0.4, -0.2) is 45.7 Å². The Morgan fingerprint density at radius 3 is 2.22 bits per heavy atom. The average molecular weight is 785 g/mol. The molecule has 2 heterocycles. The maximum absolute atomic E-state index is 13.8. The molecule has 0 bridgehead atoms. The zero-order valence-corrected chi connectivity index (χ0v) is 33.8. The normalized spacial score (nSPS) is 13.4. The Balaban J connectivity index is 0.000000268. The summed E-state index contributed by atoms with van der Waals surface area (Å²) in [4.78, 5) is 38.2. The molecular formula is C41H48F4N4O3S2. The molecule has 1 aliphatic heterocycles. The minimum absolute atomic E-state index is 0.000852. The number of carbonyl (C=O) groups is 3. The summed E-state index contributed by atoms with van der Waals surface area (Å²) in [6, 6.07) is 18.0. The Kier molecular flexibility index (Phi) is 16.2. The SMILES string of the molecule is CC/C=C1\SCC(=O)N1c1cc(C)ccc1C(C)C.CCCC(C)=O.Cc1ccc(-c2cc(N(C)C(=O)c3ccc(SC(F)(F)F)cc3)n(C)n2)cc1F. The Bertz CT molecular complexity index is 1960. The van der Waals surface area contributed by atoms with Gasteiger partial charge in [-0.15, -0.1) is 0 Å². The monoisotopic (exact) mass is 784 g/mol. The van der Waals surface area contributed by atoms with Gasteiger partial charge in [0.25, 0.3) is 5.91 Å². The first kappa shape index (κ1) is 44.0. The van der Waals surface area contributed by atoms with Gasteiger partial charge in [0, 0.05) is 42.6 Å². The minimum Gasteiger partial charge on any atom is -0.300 e. The molecule has 1 fully saturated rings. The van der Waals surface area contributed by atoms with Crippen LogP contribution in [-0.2, 0) is 16.6 Å². The van der Waals surface area contributed by atoms with E-state index in [2.05, 4.69) is 57.1 Å². The molecule has 290 valence electrons. The Morgan fingerprint density at radius 1 is 1.02 bits per heavy atom. The molecule has 3 aromatic carbocycles. The highest BCUT2D eigenvalue weighted by atomic mass is 32.2. The predicted octanol–water partition coefficient (Wildman–Crippen LogP) is 11.2. The fourth-order valence-corrected chi connectivity index (χ4v) is 6.97. The van der Waals surface area contributed by atoms with E-state index >= 15 is 0 Å². The van der Waals surface area contributed by atoms with Crippen LogP contribution in [0.3, 0.4) is 0 Å². The number of nitrogens with zero attached hydrogens (tertiary/aromatic N) is 4. The summed E-state index contributed by atoms with van der Waals surface area (Å²) in [5.74, 6) is 1.15. The molecule has 4 aromatic rings. The molecule has 1 aromatic heterocycles. The van der Waals surface area contributed by atoms with Gasteiger partial charge in [0.15, 0.2) is 0 Å². The van der Waals surface area contributed by atoms with E-state index in [1.54, 1.807) is 50.9 Å². The predicted molar refractivity (Wildman–Crippen MR) is 214 cm³/mol. The number of amides is 2. The number of halogens is 4. The lowest BCUT2D eigenvalue weighted by atomic mass is 9.98. The van der Waals surface area contributed by atoms with Gasteiger partial charge >= 0.3 is 5.51 Å². The number of hydrogen-bond donors (Lipinski definition) is 0. The van der Waals surface area contributed by atoms with E-state index in [1.807, 2.05) is 11.8 Å². The third kappa shape index (κ3) is 12.3. The number of hydrogen-bond acceptors (Lipinski definition) is 6. The van der Waals surface area contributed by atoms with Gasteiger partial charge in [0.1, 0.15) is 17.4 Å². The highest BCUT2D eigenvalue weighted by Crippen LogP contribution is 2.39. The number of carbonyl (C=O) groups excluding carboxylic acids is 3. The molecule has 0 atom stereocenters. The fraction of sp³-hybridized carbons (Fsp3) is 0.366. The van der Waals surface area contributed by atoms with E-state index in [4.69, 9.17) is 0 Å². The molecular weight excluding hydrogens is 737 g/mol. The third-order valence-electron chi connectivity index (χ3n) is 8.15. The van der Waals surface area contributed by atoms with Crippen LogP contribution in [0.25, 0.3) is 11.3 Å². The van der Waals surface area contributed by atoms with Gasteiger partial charge in [0.2, 0.25) is 5.91 Å². The molecule has 2 amide bonds. The van der Waals surface area contributed by atoms with Crippen molar-refractivity contribution in [2.45, 2.75) is 84.1 Å². The largest absolute Gasteiger partial charge is 0.446 e. The average Bonchev–Trinajstić information content (AvgIpc) is 3.67. The van der Waals surface area contributed by atoms with Gasteiger partial charge in [-0.3, -0.25) is 24.1 Å². The van der Waals surface area contributed by atoms with Crippen molar-refractivity contribution in [3.05, 3.63) is 106 Å². The highest BCUT2D eigenvalue weighted by molar-refractivity contribution is 8.04. The molecule has 1 saturated heterocycles. The summed E-state index contributed by atoms with van der Waals surface area (Å²) in [6.07, 6.45) is 4.81. The minimum atomic E-state index is -4.39. The van der Waals surface area contributed by atoms with Crippen molar-refractivity contribution in [1.82, 2.24) is 9.78 Å². The number of aromatic nitrogens is 2. The van der Waals surface area contributed by atoms with Crippen molar-refractivity contribution >= 4 is 52.6 Å². The number of thioether (sulfide) groups is 2. The number of Topliss-reactive ketones (excluding diaryl/α,β-unsaturated/α-hetero) is 1. The van der Waals surface area contributed by atoms with Crippen molar-refractivity contribution < 1.29 is 31.9 Å². The van der Waals surface area contributed by atoms with Crippen LogP contribution in [0.2, 0.25) is 0 Å². The molecule has 0 unspecified atom stereocenters. The molecule has 0 aliphatic carbocycles. The van der Waals surface area contributed by atoms with Crippen molar-refractivity contribution in [3.63, 3.8) is 0 Å². The smallest absolute Gasteiger partial charge is 0.300 e. The molecule has 0 spiro atoms. The highest BCUT2D eigenvalue weighted by Gasteiger charge is 2.30. The molecule has 54 heavy (non-hydrogen) atoms. The quantitative estimate of drug-likeness (QED) is 0.124. The summed E-state index contributed by atoms with van der Waals surface area (Å²) in [5.41, 5.74) is 0.936. The second-order valence-corrected chi connectivity index (χ2v) is 15.2. The zero-order valence-electron chi connectivity index (χ0n) is 32.2. The van der Waals surface area contributed by atoms with Crippen molar-refractivity contribution in [2.24, 2.45) is 7.05 Å². The maximum Gasteiger partial charge on any atom is 0.446 e. The first-order valence-electron chi connectivity index (χ1n) is 17.6. The molecule has 1 aliphatic rings. The molecule has 7 nitrogen and oxygen atoms in total. The van der Waals surface area contributed by atoms with Gasteiger partial charge in [-0.1, -0.05) is 69.8 Å². The van der Waals surface area contributed by atoms with Gasteiger partial charge in [0.05, 0.1) is 22.2 Å². The molecule has 13 heteroatoms. The van der Waals surface area contributed by atoms with E-state index in [9.17, 15) is 31.9 Å². The van der Waals surface area contributed by atoms with Gasteiger partial charge < -0.3 is 4.79 Å². The lowest BCUT2D eigenvalue weighted by Crippen LogP contribution is -2.28. The number of ketones is 1. The Hall–Kier alpha value is -4.36. The van der Waals surface area contributed by atoms with Crippen LogP contribution in [0.15, 0.2) is 82.7 Å². The van der Waals surface area contributed by atoms with E-state index < -0.39 is 11.4 Å². The van der Waals surface area contributed by atoms with E-state index in [0.717, 1.165) is 30.0 Å². The summed E-state index contributed by atoms with van der Waals surface area (Å²) in [6.45, 7) is 13.8. The lowest BCUT2D eigenvalue weighted by Gasteiger charge is -2.23. The Labute approximate surface area is 324 Å². The first-order valence-corrected chi connectivity index (χ1v) is 19.4. The standard InChI is InChI=1S/C20H17F4N3OS.C16H21NOS.C5H10O/c1-12-4-5-14(10-16(12)21)17-11-18(27(3)25-17)26(2)19(28)13-6-8-15(9-7-13)29-20(22,23)24;1-5-6-16-17(15(18)10-19-16)14-9-12(4)7-8-13(14)11(2)3;1-3-4-5(2)6/h4-11H,1-3H3;6-9,11H,5,10H2,1-4H3;3-4H2,1-2H3/b;16-6-;. The summed E-state index contributed by atoms with van der Waals surface area (Å²) in [7, 11) is 3.19. The number of alkyl halides is 3. The summed E-state index contributed by atoms with van der Waals surface area (Å²) >= 11 is 1.40. The first-order chi connectivity index (χ1) is 25.4. The van der Waals surface area contributed by atoms with Crippen molar-refractivity contribution in [1.29, 1.82) is 0 Å². The van der Waals surface area contributed by atoms with Crippen LogP contribution in [0.4, 0.5) is 29.1 Å². The van der Waals surface area contributed by atoms with Crippen LogP contribution in [0, 0.1) is 19.7 Å². The number of aryl methyl sites for hydroxylation is 3. The van der Waals surface area contributed by atoms with Crippen LogP contribution < -0.4 is 9.80 Å². The fourth-order valence-electron chi connectivity index (χ4n) is 5.41. The molecule has 5 rings (SSSR count). The Morgan fingerprint density at radius 2 is 1.69 bits per heavy atom. The van der Waals surface area contributed by atoms with Crippen molar-refractivity contribution in [2.75, 3.05) is 22.6 Å². The van der Waals surface area contributed by atoms with E-state index in [0.29, 0.717) is 34.3 Å². The number of allylic oxidation sites excluding steroid dienone is 1. The topological polar surface area (TPSA) is 75.5 Å². The number of rotatable bonds is 9. The van der Waals surface area contributed by atoms with Crippen LogP contribution >= 0.6 is 23.5 Å². The number of anilines is 2. The molecule has 0 saturated carbocycles. The van der Waals surface area contributed by atoms with Crippen molar-refractivity contribution in [3.8, 4) is 11.3 Å². The summed E-state index contributed by atoms with van der Waals surface area (Å²) in [5, 5.41) is 5.41. The van der Waals surface area contributed by atoms with E-state index in [-0.39, 0.29) is 39.7 Å².